The second kappa shape index (κ2) is 9.71. The van der Waals surface area contributed by atoms with Crippen LogP contribution in [0.15, 0.2) is 140 Å². The maximum atomic E-state index is 5.41. The van der Waals surface area contributed by atoms with Gasteiger partial charge in [-0.05, 0) is 45.3 Å². The summed E-state index contributed by atoms with van der Waals surface area (Å²) in [5.41, 5.74) is 11.7. The Morgan fingerprint density at radius 2 is 1.26 bits per heavy atom. The van der Waals surface area contributed by atoms with Gasteiger partial charge in [0, 0.05) is 32.0 Å². The molecular formula is C43H29N3S. The first-order valence-corrected chi connectivity index (χ1v) is 16.9. The van der Waals surface area contributed by atoms with Gasteiger partial charge in [0.25, 0.3) is 0 Å². The van der Waals surface area contributed by atoms with Gasteiger partial charge in [-0.2, -0.15) is 0 Å². The first kappa shape index (κ1) is 26.6. The van der Waals surface area contributed by atoms with Gasteiger partial charge in [-0.25, -0.2) is 9.97 Å². The van der Waals surface area contributed by atoms with Gasteiger partial charge in [0.15, 0.2) is 0 Å². The quantitative estimate of drug-likeness (QED) is 0.197. The average molecular weight is 620 g/mol. The Labute approximate surface area is 276 Å². The van der Waals surface area contributed by atoms with E-state index < -0.39 is 0 Å². The van der Waals surface area contributed by atoms with E-state index >= 15 is 0 Å². The number of nitrogens with zero attached hydrogens (tertiary/aromatic N) is 3. The second-order valence-electron chi connectivity index (χ2n) is 13.0. The lowest BCUT2D eigenvalue weighted by Crippen LogP contribution is -2.14. The van der Waals surface area contributed by atoms with Gasteiger partial charge in [0.2, 0.25) is 5.95 Å². The number of thiophene rings is 1. The summed E-state index contributed by atoms with van der Waals surface area (Å²) in [4.78, 5) is 12.1. The highest BCUT2D eigenvalue weighted by Gasteiger charge is 2.39. The molecule has 3 nitrogen and oxygen atoms in total. The van der Waals surface area contributed by atoms with E-state index in [1.807, 2.05) is 11.3 Å². The highest BCUT2D eigenvalue weighted by Crippen LogP contribution is 2.56. The van der Waals surface area contributed by atoms with E-state index in [2.05, 4.69) is 158 Å². The molecule has 47 heavy (non-hydrogen) atoms. The van der Waals surface area contributed by atoms with Crippen molar-refractivity contribution in [2.24, 2.45) is 0 Å². The molecule has 6 aromatic carbocycles. The zero-order valence-electron chi connectivity index (χ0n) is 26.0. The molecule has 1 aliphatic rings. The normalized spacial score (nSPS) is 13.5. The molecule has 4 heteroatoms. The largest absolute Gasteiger partial charge is 0.276 e. The topological polar surface area (TPSA) is 30.7 Å². The molecule has 0 radical (unpaired) electrons. The van der Waals surface area contributed by atoms with Crippen molar-refractivity contribution in [2.75, 3.05) is 0 Å². The van der Waals surface area contributed by atoms with Gasteiger partial charge >= 0.3 is 0 Å². The molecule has 3 aromatic heterocycles. The predicted octanol–water partition coefficient (Wildman–Crippen LogP) is 11.6. The van der Waals surface area contributed by atoms with Crippen LogP contribution in [-0.2, 0) is 5.41 Å². The molecule has 0 saturated carbocycles. The van der Waals surface area contributed by atoms with Crippen LogP contribution in [0.5, 0.6) is 0 Å². The van der Waals surface area contributed by atoms with Gasteiger partial charge in [-0.1, -0.05) is 141 Å². The van der Waals surface area contributed by atoms with Crippen LogP contribution in [-0.4, -0.2) is 14.5 Å². The zero-order valence-corrected chi connectivity index (χ0v) is 26.8. The van der Waals surface area contributed by atoms with Crippen LogP contribution >= 0.6 is 11.3 Å². The van der Waals surface area contributed by atoms with Crippen LogP contribution in [0.2, 0.25) is 0 Å². The summed E-state index contributed by atoms with van der Waals surface area (Å²) >= 11 is 1.91. The molecule has 222 valence electrons. The van der Waals surface area contributed by atoms with Crippen molar-refractivity contribution < 1.29 is 0 Å². The lowest BCUT2D eigenvalue weighted by atomic mass is 9.81. The van der Waals surface area contributed by atoms with E-state index in [1.165, 1.54) is 59.1 Å². The van der Waals surface area contributed by atoms with Gasteiger partial charge in [-0.15, -0.1) is 11.3 Å². The molecule has 0 bridgehead atoms. The molecule has 0 saturated heterocycles. The standard InChI is InChI=1S/C43H29N3S/c1-43(2)34-19-11-9-17-31(34)40-37(43)33-24-23-30-29-22-21-28(26-13-5-3-6-14-26)25-36(29)46(39(30)41(33)47-40)42-44-35-20-12-10-18-32(35)38(45-42)27-15-7-4-8-16-27/h3-25H,1-2H3. The van der Waals surface area contributed by atoms with Crippen LogP contribution in [0, 0.1) is 0 Å². The number of hydrogen-bond acceptors (Lipinski definition) is 3. The Morgan fingerprint density at radius 3 is 2.09 bits per heavy atom. The summed E-state index contributed by atoms with van der Waals surface area (Å²) in [7, 11) is 0. The first-order chi connectivity index (χ1) is 23.1. The third-order valence-corrected chi connectivity index (χ3v) is 11.2. The molecule has 3 heterocycles. The fraction of sp³-hybridized carbons (Fsp3) is 0.0698. The van der Waals surface area contributed by atoms with Gasteiger partial charge in [-0.3, -0.25) is 4.57 Å². The summed E-state index contributed by atoms with van der Waals surface area (Å²) in [5.74, 6) is 0.688. The van der Waals surface area contributed by atoms with E-state index in [9.17, 15) is 0 Å². The van der Waals surface area contributed by atoms with Crippen molar-refractivity contribution in [3.63, 3.8) is 0 Å². The van der Waals surface area contributed by atoms with Crippen molar-refractivity contribution >= 4 is 54.1 Å². The van der Waals surface area contributed by atoms with Gasteiger partial charge in [0.1, 0.15) is 0 Å². The maximum Gasteiger partial charge on any atom is 0.235 e. The second-order valence-corrected chi connectivity index (χ2v) is 14.0. The van der Waals surface area contributed by atoms with Crippen LogP contribution in [0.25, 0.3) is 81.6 Å². The lowest BCUT2D eigenvalue weighted by Gasteiger charge is -2.21. The van der Waals surface area contributed by atoms with Crippen molar-refractivity contribution in [3.05, 3.63) is 151 Å². The number of rotatable bonds is 3. The van der Waals surface area contributed by atoms with Gasteiger partial charge in [0.05, 0.1) is 26.9 Å². The molecule has 0 amide bonds. The molecule has 0 spiro atoms. The Hall–Kier alpha value is -5.58. The molecule has 0 atom stereocenters. The monoisotopic (exact) mass is 619 g/mol. The van der Waals surface area contributed by atoms with E-state index in [1.54, 1.807) is 0 Å². The van der Waals surface area contributed by atoms with Crippen LogP contribution in [0.3, 0.4) is 0 Å². The summed E-state index contributed by atoms with van der Waals surface area (Å²) in [6.45, 7) is 4.74. The molecule has 10 rings (SSSR count). The molecule has 0 N–H and O–H groups in total. The number of benzene rings is 6. The van der Waals surface area contributed by atoms with Gasteiger partial charge < -0.3 is 0 Å². The molecule has 1 aliphatic carbocycles. The predicted molar refractivity (Wildman–Crippen MR) is 198 cm³/mol. The summed E-state index contributed by atoms with van der Waals surface area (Å²) in [6.07, 6.45) is 0. The van der Waals surface area contributed by atoms with Crippen molar-refractivity contribution in [1.82, 2.24) is 14.5 Å². The third-order valence-electron chi connectivity index (χ3n) is 10.0. The Balaban J connectivity index is 1.36. The van der Waals surface area contributed by atoms with Crippen molar-refractivity contribution in [2.45, 2.75) is 19.3 Å². The Kier molecular flexibility index (Phi) is 5.50. The fourth-order valence-electron chi connectivity index (χ4n) is 7.82. The summed E-state index contributed by atoms with van der Waals surface area (Å²) in [6, 6.07) is 49.9. The molecule has 0 unspecified atom stereocenters. The van der Waals surface area contributed by atoms with Crippen LogP contribution < -0.4 is 0 Å². The summed E-state index contributed by atoms with van der Waals surface area (Å²) in [5, 5.41) is 4.78. The number of hydrogen-bond donors (Lipinski definition) is 0. The van der Waals surface area contributed by atoms with Crippen LogP contribution in [0.4, 0.5) is 0 Å². The minimum Gasteiger partial charge on any atom is -0.276 e. The SMILES string of the molecule is CC1(C)c2ccccc2-c2sc3c(ccc4c5ccc(-c6ccccc6)cc5n(-c5nc(-c6ccccc6)c6ccccc6n5)c43)c21. The fourth-order valence-corrected chi connectivity index (χ4v) is 9.36. The zero-order chi connectivity index (χ0) is 31.3. The highest BCUT2D eigenvalue weighted by molar-refractivity contribution is 7.23. The van der Waals surface area contributed by atoms with Crippen molar-refractivity contribution in [3.8, 4) is 38.8 Å². The smallest absolute Gasteiger partial charge is 0.235 e. The Bertz CT molecular complexity index is 2700. The van der Waals surface area contributed by atoms with E-state index in [0.717, 1.165) is 27.7 Å². The minimum atomic E-state index is -0.0882. The van der Waals surface area contributed by atoms with Crippen molar-refractivity contribution in [1.29, 1.82) is 0 Å². The molecular weight excluding hydrogens is 591 g/mol. The first-order valence-electron chi connectivity index (χ1n) is 16.1. The average Bonchev–Trinajstić information content (AvgIpc) is 3.75. The lowest BCUT2D eigenvalue weighted by molar-refractivity contribution is 0.667. The van der Waals surface area contributed by atoms with E-state index in [-0.39, 0.29) is 5.41 Å². The summed E-state index contributed by atoms with van der Waals surface area (Å²) < 4.78 is 3.62. The maximum absolute atomic E-state index is 5.41. The minimum absolute atomic E-state index is 0.0882. The molecule has 0 fully saturated rings. The number of fused-ring (bicyclic) bond motifs is 10. The van der Waals surface area contributed by atoms with Crippen LogP contribution in [0.1, 0.15) is 25.0 Å². The van der Waals surface area contributed by atoms with E-state index in [0.29, 0.717) is 5.95 Å². The van der Waals surface area contributed by atoms with E-state index in [4.69, 9.17) is 9.97 Å². The molecule has 9 aromatic rings. The number of para-hydroxylation sites is 1. The third kappa shape index (κ3) is 3.73. The number of aromatic nitrogens is 3. The Morgan fingerprint density at radius 1 is 0.574 bits per heavy atom. The molecule has 0 aliphatic heterocycles. The highest BCUT2D eigenvalue weighted by atomic mass is 32.1.